The zero-order valence-electron chi connectivity index (χ0n) is 16.4. The third-order valence-electron chi connectivity index (χ3n) is 4.56. The summed E-state index contributed by atoms with van der Waals surface area (Å²) in [6.45, 7) is 2.02. The van der Waals surface area contributed by atoms with Crippen molar-refractivity contribution in [2.45, 2.75) is 32.6 Å². The Hall–Kier alpha value is 0.500. The molecule has 0 amide bonds. The van der Waals surface area contributed by atoms with E-state index in [4.69, 9.17) is 4.74 Å². The molecule has 27 heavy (non-hydrogen) atoms. The van der Waals surface area contributed by atoms with E-state index in [0.717, 1.165) is 6.08 Å². The largest absolute Gasteiger partial charge is 1.00 e. The average molecular weight is 400 g/mol. The van der Waals surface area contributed by atoms with Crippen LogP contribution in [0.4, 0.5) is 0 Å². The molecule has 1 aromatic rings. The van der Waals surface area contributed by atoms with Gasteiger partial charge in [0.2, 0.25) is 0 Å². The normalized spacial score (nSPS) is 21.3. The molecule has 1 aliphatic rings. The number of carbonyl (C=O) groups is 2. The van der Waals surface area contributed by atoms with Crippen molar-refractivity contribution in [3.05, 3.63) is 29.8 Å². The van der Waals surface area contributed by atoms with Gasteiger partial charge in [-0.25, -0.2) is 0 Å². The van der Waals surface area contributed by atoms with Gasteiger partial charge in [-0.2, -0.15) is 0 Å². The predicted molar refractivity (Wildman–Crippen MR) is 80.5 cm³/mol. The van der Waals surface area contributed by atoms with Crippen molar-refractivity contribution in [1.29, 1.82) is 0 Å². The molecule has 0 radical (unpaired) electrons. The second-order valence-electron chi connectivity index (χ2n) is 6.46. The molecule has 6 nitrogen and oxygen atoms in total. The molecule has 0 saturated heterocycles. The Bertz CT molecular complexity index is 654. The Balaban J connectivity index is 0. The van der Waals surface area contributed by atoms with Gasteiger partial charge in [-0.05, 0) is 49.3 Å². The van der Waals surface area contributed by atoms with Gasteiger partial charge in [0.25, 0.3) is 0 Å². The van der Waals surface area contributed by atoms with Crippen molar-refractivity contribution < 1.29 is 118 Å². The van der Waals surface area contributed by atoms with Crippen molar-refractivity contribution in [3.63, 3.8) is 0 Å². The van der Waals surface area contributed by atoms with Gasteiger partial charge in [-0.3, -0.25) is 0 Å². The molecule has 0 spiro atoms. The van der Waals surface area contributed by atoms with E-state index in [1.165, 1.54) is 24.3 Å². The summed E-state index contributed by atoms with van der Waals surface area (Å²) in [7, 11) is 0. The quantitative estimate of drug-likeness (QED) is 0.346. The summed E-state index contributed by atoms with van der Waals surface area (Å²) >= 11 is 0. The molecule has 0 aromatic heterocycles. The standard InChI is InChI=1S/C18H22O6.3Na/c1-18(17(22)23)8-6-13(7-9-18)11-24-15-10-12(2-4-14(15)19)3-5-16(20)21;;;/h2-5,10,13,19H,6-9,11H2,1H3,(H,20,21)(H,22,23);;;/q;3*+1/p-3/b5-3+;;;. The van der Waals surface area contributed by atoms with Gasteiger partial charge < -0.3 is 29.6 Å². The van der Waals surface area contributed by atoms with E-state index in [9.17, 15) is 24.9 Å². The molecule has 0 bridgehead atoms. The Morgan fingerprint density at radius 3 is 2.30 bits per heavy atom. The number of hydrogen-bond acceptors (Lipinski definition) is 6. The van der Waals surface area contributed by atoms with Crippen LogP contribution < -0.4 is 109 Å². The number of carbonyl (C=O) groups excluding carboxylic acids is 2. The van der Waals surface area contributed by atoms with Crippen LogP contribution in [0.2, 0.25) is 0 Å². The van der Waals surface area contributed by atoms with Gasteiger partial charge >= 0.3 is 88.7 Å². The maximum Gasteiger partial charge on any atom is 1.00 e. The third-order valence-corrected chi connectivity index (χ3v) is 4.56. The van der Waals surface area contributed by atoms with Crippen LogP contribution in [0.3, 0.4) is 0 Å². The summed E-state index contributed by atoms with van der Waals surface area (Å²) in [6.07, 6.45) is 4.66. The van der Waals surface area contributed by atoms with Gasteiger partial charge in [0.1, 0.15) is 5.75 Å². The Morgan fingerprint density at radius 2 is 1.78 bits per heavy atom. The van der Waals surface area contributed by atoms with E-state index >= 15 is 0 Å². The maximum atomic E-state index is 11.8. The second kappa shape index (κ2) is 13.7. The molecule has 1 saturated carbocycles. The van der Waals surface area contributed by atoms with Gasteiger partial charge in [0, 0.05) is 11.4 Å². The first kappa shape index (κ1) is 29.7. The molecule has 0 atom stereocenters. The number of ether oxygens (including phenoxy) is 1. The van der Waals surface area contributed by atoms with Crippen LogP contribution in [0.15, 0.2) is 24.3 Å². The summed E-state index contributed by atoms with van der Waals surface area (Å²) in [5.41, 5.74) is -0.252. The number of hydrogen-bond donors (Lipinski definition) is 0. The van der Waals surface area contributed by atoms with Gasteiger partial charge in [0.15, 0.2) is 0 Å². The molecule has 1 aliphatic carbocycles. The monoisotopic (exact) mass is 400 g/mol. The second-order valence-corrected chi connectivity index (χ2v) is 6.46. The van der Waals surface area contributed by atoms with E-state index in [0.29, 0.717) is 37.9 Å². The van der Waals surface area contributed by atoms with Crippen LogP contribution in [0.1, 0.15) is 38.2 Å². The minimum atomic E-state index is -1.32. The first-order valence-corrected chi connectivity index (χ1v) is 7.84. The van der Waals surface area contributed by atoms with Crippen LogP contribution in [-0.4, -0.2) is 18.5 Å². The fourth-order valence-corrected chi connectivity index (χ4v) is 2.80. The summed E-state index contributed by atoms with van der Waals surface area (Å²) < 4.78 is 5.58. The van der Waals surface area contributed by atoms with Crippen molar-refractivity contribution in [3.8, 4) is 11.5 Å². The van der Waals surface area contributed by atoms with Crippen LogP contribution >= 0.6 is 0 Å². The van der Waals surface area contributed by atoms with Crippen molar-refractivity contribution in [1.82, 2.24) is 0 Å². The fraction of sp³-hybridized carbons (Fsp3) is 0.444. The molecule has 0 N–H and O–H groups in total. The molecule has 2 rings (SSSR count). The number of aliphatic carboxylic acids is 2. The van der Waals surface area contributed by atoms with E-state index in [2.05, 4.69) is 0 Å². The molecule has 130 valence electrons. The Morgan fingerprint density at radius 1 is 1.19 bits per heavy atom. The van der Waals surface area contributed by atoms with Crippen LogP contribution in [0.5, 0.6) is 11.5 Å². The summed E-state index contributed by atoms with van der Waals surface area (Å²) in [4.78, 5) is 21.5. The van der Waals surface area contributed by atoms with Crippen LogP contribution in [0, 0.1) is 11.3 Å². The van der Waals surface area contributed by atoms with Crippen molar-refractivity contribution in [2.24, 2.45) is 11.3 Å². The summed E-state index contributed by atoms with van der Waals surface area (Å²) in [5, 5.41) is 33.3. The smallest absolute Gasteiger partial charge is 0.870 e. The first-order valence-electron chi connectivity index (χ1n) is 7.84. The molecular weight excluding hydrogens is 381 g/mol. The zero-order chi connectivity index (χ0) is 17.7. The summed E-state index contributed by atoms with van der Waals surface area (Å²) in [5.74, 6) is -2.28. The van der Waals surface area contributed by atoms with Crippen molar-refractivity contribution >= 4 is 18.0 Å². The zero-order valence-corrected chi connectivity index (χ0v) is 22.4. The number of benzene rings is 1. The van der Waals surface area contributed by atoms with Crippen LogP contribution in [-0.2, 0) is 9.59 Å². The van der Waals surface area contributed by atoms with Gasteiger partial charge in [0.05, 0.1) is 12.6 Å². The number of rotatable bonds is 6. The van der Waals surface area contributed by atoms with E-state index in [1.54, 1.807) is 6.92 Å². The summed E-state index contributed by atoms with van der Waals surface area (Å²) in [6, 6.07) is 4.30. The van der Waals surface area contributed by atoms with Gasteiger partial charge in [-0.15, -0.1) is 0 Å². The molecule has 0 aliphatic heterocycles. The SMILES string of the molecule is CC1(C(=O)[O-])CCC(COc2cc(/C=C/C(=O)[O-])ccc2[O-])CC1.[Na+].[Na+].[Na+]. The number of carboxylic acid groups (broad SMARTS) is 2. The van der Waals surface area contributed by atoms with E-state index < -0.39 is 17.4 Å². The molecule has 1 aromatic carbocycles. The van der Waals surface area contributed by atoms with Gasteiger partial charge in [-0.1, -0.05) is 30.9 Å². The topological polar surface area (TPSA) is 113 Å². The molecule has 1 fully saturated rings. The molecule has 0 unspecified atom stereocenters. The van der Waals surface area contributed by atoms with Crippen molar-refractivity contribution in [2.75, 3.05) is 6.61 Å². The van der Waals surface area contributed by atoms with Crippen LogP contribution in [0.25, 0.3) is 6.08 Å². The molecular formula is C18H19Na3O6. The maximum absolute atomic E-state index is 11.8. The third kappa shape index (κ3) is 9.24. The molecule has 9 heteroatoms. The van der Waals surface area contributed by atoms with E-state index in [1.807, 2.05) is 0 Å². The Kier molecular flexibility index (Phi) is 15.0. The first-order chi connectivity index (χ1) is 11.3. The van der Waals surface area contributed by atoms with E-state index in [-0.39, 0.29) is 106 Å². The fourth-order valence-electron chi connectivity index (χ4n) is 2.80. The molecule has 0 heterocycles. The minimum Gasteiger partial charge on any atom is -0.870 e. The minimum absolute atomic E-state index is 0. The Labute approximate surface area is 225 Å². The predicted octanol–water partition coefficient (Wildman–Crippen LogP) is -9.14. The number of carboxylic acids is 2. The average Bonchev–Trinajstić information content (AvgIpc) is 2.54.